The average Bonchev–Trinajstić information content (AvgIpc) is 3.27. The van der Waals surface area contributed by atoms with Crippen LogP contribution in [0.3, 0.4) is 0 Å². The van der Waals surface area contributed by atoms with E-state index in [2.05, 4.69) is 10.9 Å². The number of methoxy groups -OCH3 is 1. The molecule has 0 spiro atoms. The maximum absolute atomic E-state index is 12.5. The van der Waals surface area contributed by atoms with Crippen molar-refractivity contribution in [2.75, 3.05) is 7.11 Å². The molecule has 2 aromatic carbocycles. The van der Waals surface area contributed by atoms with Crippen LogP contribution in [-0.2, 0) is 18.3 Å². The first-order chi connectivity index (χ1) is 13.6. The van der Waals surface area contributed by atoms with Gasteiger partial charge in [0, 0.05) is 41.2 Å². The first-order valence-electron chi connectivity index (χ1n) is 8.74. The summed E-state index contributed by atoms with van der Waals surface area (Å²) < 4.78 is 12.5. The highest BCUT2D eigenvalue weighted by atomic mass is 16.5. The summed E-state index contributed by atoms with van der Waals surface area (Å²) in [5.74, 6) is -0.0285. The fourth-order valence-electron chi connectivity index (χ4n) is 3.26. The molecule has 0 unspecified atom stereocenters. The molecule has 142 valence electrons. The maximum Gasteiger partial charge on any atom is 0.271 e. The van der Waals surface area contributed by atoms with Gasteiger partial charge in [0.2, 0.25) is 5.91 Å². The molecule has 0 bridgehead atoms. The number of hydrazine groups is 1. The third-order valence-electron chi connectivity index (χ3n) is 4.67. The zero-order valence-electron chi connectivity index (χ0n) is 15.5. The summed E-state index contributed by atoms with van der Waals surface area (Å²) in [6, 6.07) is 13.0. The molecule has 2 amide bonds. The van der Waals surface area contributed by atoms with Gasteiger partial charge in [-0.25, -0.2) is 0 Å². The molecule has 7 nitrogen and oxygen atoms in total. The van der Waals surface area contributed by atoms with Crippen LogP contribution in [0.15, 0.2) is 59.3 Å². The molecule has 4 rings (SSSR count). The molecule has 0 aliphatic heterocycles. The number of nitrogens with one attached hydrogen (secondary N) is 2. The summed E-state index contributed by atoms with van der Waals surface area (Å²) in [6.07, 6.45) is 3.36. The number of hydrogen-bond donors (Lipinski definition) is 2. The van der Waals surface area contributed by atoms with Crippen LogP contribution in [0.2, 0.25) is 0 Å². The van der Waals surface area contributed by atoms with E-state index in [4.69, 9.17) is 9.15 Å². The van der Waals surface area contributed by atoms with Gasteiger partial charge in [-0.3, -0.25) is 20.4 Å². The molecule has 0 radical (unpaired) electrons. The second kappa shape index (κ2) is 7.11. The van der Waals surface area contributed by atoms with E-state index in [0.29, 0.717) is 16.9 Å². The van der Waals surface area contributed by atoms with Crippen molar-refractivity contribution in [2.45, 2.75) is 6.42 Å². The molecule has 2 aromatic heterocycles. The molecular formula is C21H19N3O4. The minimum Gasteiger partial charge on any atom is -0.497 e. The largest absolute Gasteiger partial charge is 0.497 e. The van der Waals surface area contributed by atoms with Gasteiger partial charge >= 0.3 is 0 Å². The first kappa shape index (κ1) is 17.7. The standard InChI is InChI=1S/C21H19N3O4/c1-24-11-17(16-5-3-4-6-18(16)24)21(26)23-22-20(25)9-13-12-28-19-10-14(27-2)7-8-15(13)19/h3-8,10-12H,9H2,1-2H3,(H,22,25)(H,23,26). The van der Waals surface area contributed by atoms with Gasteiger partial charge in [-0.05, 0) is 18.2 Å². The maximum atomic E-state index is 12.5. The zero-order valence-corrected chi connectivity index (χ0v) is 15.5. The van der Waals surface area contributed by atoms with Crippen LogP contribution in [0, 0.1) is 0 Å². The third kappa shape index (κ3) is 3.18. The van der Waals surface area contributed by atoms with Crippen molar-refractivity contribution in [3.05, 3.63) is 66.1 Å². The van der Waals surface area contributed by atoms with Crippen molar-refractivity contribution in [3.8, 4) is 5.75 Å². The van der Waals surface area contributed by atoms with Gasteiger partial charge in [0.25, 0.3) is 5.91 Å². The highest BCUT2D eigenvalue weighted by Gasteiger charge is 2.15. The molecule has 0 atom stereocenters. The summed E-state index contributed by atoms with van der Waals surface area (Å²) in [7, 11) is 3.45. The van der Waals surface area contributed by atoms with E-state index >= 15 is 0 Å². The number of para-hydroxylation sites is 1. The number of amides is 2. The Morgan fingerprint density at radius 3 is 2.75 bits per heavy atom. The lowest BCUT2D eigenvalue weighted by Crippen LogP contribution is -2.42. The summed E-state index contributed by atoms with van der Waals surface area (Å²) in [4.78, 5) is 24.8. The minimum atomic E-state index is -0.369. The SMILES string of the molecule is COc1ccc2c(CC(=O)NNC(=O)c3cn(C)c4ccccc34)coc2c1. The number of benzene rings is 2. The summed E-state index contributed by atoms with van der Waals surface area (Å²) in [6.45, 7) is 0. The summed E-state index contributed by atoms with van der Waals surface area (Å²) in [5.41, 5.74) is 7.76. The third-order valence-corrected chi connectivity index (χ3v) is 4.67. The van der Waals surface area contributed by atoms with Gasteiger partial charge in [0.15, 0.2) is 0 Å². The minimum absolute atomic E-state index is 0.0785. The molecule has 2 heterocycles. The number of aromatic nitrogens is 1. The quantitative estimate of drug-likeness (QED) is 0.536. The lowest BCUT2D eigenvalue weighted by Gasteiger charge is -2.06. The molecule has 0 saturated heterocycles. The number of furan rings is 1. The molecule has 0 aliphatic carbocycles. The van der Waals surface area contributed by atoms with Crippen molar-refractivity contribution >= 4 is 33.7 Å². The van der Waals surface area contributed by atoms with Gasteiger partial charge in [-0.1, -0.05) is 18.2 Å². The van der Waals surface area contributed by atoms with E-state index in [-0.39, 0.29) is 18.2 Å². The Kier molecular flexibility index (Phi) is 4.49. The van der Waals surface area contributed by atoms with E-state index in [1.807, 2.05) is 48.0 Å². The molecule has 28 heavy (non-hydrogen) atoms. The predicted molar refractivity (Wildman–Crippen MR) is 105 cm³/mol. The fraction of sp³-hybridized carbons (Fsp3) is 0.143. The summed E-state index contributed by atoms with van der Waals surface area (Å²) >= 11 is 0. The average molecular weight is 377 g/mol. The molecule has 2 N–H and O–H groups in total. The number of aryl methyl sites for hydroxylation is 1. The number of rotatable bonds is 4. The topological polar surface area (TPSA) is 85.5 Å². The second-order valence-electron chi connectivity index (χ2n) is 6.47. The first-order valence-corrected chi connectivity index (χ1v) is 8.74. The fourth-order valence-corrected chi connectivity index (χ4v) is 3.26. The highest BCUT2D eigenvalue weighted by molar-refractivity contribution is 6.07. The Balaban J connectivity index is 1.44. The number of hydrogen-bond acceptors (Lipinski definition) is 4. The number of ether oxygens (including phenoxy) is 1. The Morgan fingerprint density at radius 1 is 1.11 bits per heavy atom. The van der Waals surface area contributed by atoms with E-state index in [9.17, 15) is 9.59 Å². The summed E-state index contributed by atoms with van der Waals surface area (Å²) in [5, 5.41) is 1.66. The smallest absolute Gasteiger partial charge is 0.271 e. The molecule has 0 fully saturated rings. The Bertz CT molecular complexity index is 1190. The molecule has 7 heteroatoms. The van der Waals surface area contributed by atoms with Crippen LogP contribution >= 0.6 is 0 Å². The number of carbonyl (C=O) groups is 2. The second-order valence-corrected chi connectivity index (χ2v) is 6.47. The van der Waals surface area contributed by atoms with E-state index < -0.39 is 0 Å². The van der Waals surface area contributed by atoms with Crippen LogP contribution in [0.1, 0.15) is 15.9 Å². The van der Waals surface area contributed by atoms with Crippen molar-refractivity contribution in [1.82, 2.24) is 15.4 Å². The normalized spacial score (nSPS) is 10.9. The van der Waals surface area contributed by atoms with Crippen molar-refractivity contribution in [2.24, 2.45) is 7.05 Å². The van der Waals surface area contributed by atoms with Crippen molar-refractivity contribution < 1.29 is 18.7 Å². The highest BCUT2D eigenvalue weighted by Crippen LogP contribution is 2.26. The Morgan fingerprint density at radius 2 is 1.93 bits per heavy atom. The molecule has 0 aliphatic rings. The van der Waals surface area contributed by atoms with E-state index in [0.717, 1.165) is 21.9 Å². The van der Waals surface area contributed by atoms with Gasteiger partial charge in [-0.15, -0.1) is 0 Å². The molecular weight excluding hydrogens is 358 g/mol. The van der Waals surface area contributed by atoms with Gasteiger partial charge in [0.1, 0.15) is 11.3 Å². The van der Waals surface area contributed by atoms with Crippen LogP contribution in [-0.4, -0.2) is 23.5 Å². The van der Waals surface area contributed by atoms with E-state index in [1.165, 1.54) is 6.26 Å². The van der Waals surface area contributed by atoms with Crippen molar-refractivity contribution in [3.63, 3.8) is 0 Å². The molecule has 4 aromatic rings. The van der Waals surface area contributed by atoms with Gasteiger partial charge in [-0.2, -0.15) is 0 Å². The van der Waals surface area contributed by atoms with Gasteiger partial charge in [0.05, 0.1) is 25.4 Å². The van der Waals surface area contributed by atoms with Crippen LogP contribution in [0.25, 0.3) is 21.9 Å². The predicted octanol–water partition coefficient (Wildman–Crippen LogP) is 2.94. The lowest BCUT2D eigenvalue weighted by atomic mass is 10.1. The molecule has 0 saturated carbocycles. The van der Waals surface area contributed by atoms with Crippen molar-refractivity contribution in [1.29, 1.82) is 0 Å². The Hall–Kier alpha value is -3.74. The van der Waals surface area contributed by atoms with Crippen LogP contribution in [0.4, 0.5) is 0 Å². The van der Waals surface area contributed by atoms with E-state index in [1.54, 1.807) is 19.4 Å². The van der Waals surface area contributed by atoms with Crippen LogP contribution in [0.5, 0.6) is 5.75 Å². The monoisotopic (exact) mass is 377 g/mol. The zero-order chi connectivity index (χ0) is 19.7. The van der Waals surface area contributed by atoms with Gasteiger partial charge < -0.3 is 13.7 Å². The Labute approximate surface area is 160 Å². The van der Waals surface area contributed by atoms with Crippen LogP contribution < -0.4 is 15.6 Å². The number of fused-ring (bicyclic) bond motifs is 2. The lowest BCUT2D eigenvalue weighted by molar-refractivity contribution is -0.121. The number of carbonyl (C=O) groups excluding carboxylic acids is 2. The number of nitrogens with zero attached hydrogens (tertiary/aromatic N) is 1.